The van der Waals surface area contributed by atoms with Crippen molar-refractivity contribution in [3.8, 4) is 5.75 Å². The standard InChI is InChI=1S/C14H18F3NOS2/c1-19-11-8-13(21-14(15,16)17)12(20-2)7-9(11)6-10-4-3-5-18-10/h7-8,10,18H,3-6H2,1-2H3. The molecule has 7 heteroatoms. The van der Waals surface area contributed by atoms with E-state index >= 15 is 0 Å². The van der Waals surface area contributed by atoms with Crippen LogP contribution in [-0.2, 0) is 6.42 Å². The van der Waals surface area contributed by atoms with Gasteiger partial charge in [-0.2, -0.15) is 13.2 Å². The summed E-state index contributed by atoms with van der Waals surface area (Å²) in [6, 6.07) is 3.72. The number of alkyl halides is 3. The lowest BCUT2D eigenvalue weighted by molar-refractivity contribution is -0.0329. The van der Waals surface area contributed by atoms with E-state index < -0.39 is 5.51 Å². The van der Waals surface area contributed by atoms with E-state index in [0.29, 0.717) is 16.7 Å². The van der Waals surface area contributed by atoms with Gasteiger partial charge in [-0.05, 0) is 61.5 Å². The second-order valence-electron chi connectivity index (χ2n) is 4.86. The summed E-state index contributed by atoms with van der Waals surface area (Å²) in [5.74, 6) is 0.535. The zero-order chi connectivity index (χ0) is 15.5. The highest BCUT2D eigenvalue weighted by Crippen LogP contribution is 2.43. The molecule has 0 aliphatic carbocycles. The fraction of sp³-hybridized carbons (Fsp3) is 0.571. The van der Waals surface area contributed by atoms with Crippen LogP contribution in [0.1, 0.15) is 18.4 Å². The molecule has 0 aromatic heterocycles. The van der Waals surface area contributed by atoms with Crippen molar-refractivity contribution in [3.05, 3.63) is 17.7 Å². The highest BCUT2D eigenvalue weighted by Gasteiger charge is 2.31. The topological polar surface area (TPSA) is 21.3 Å². The smallest absolute Gasteiger partial charge is 0.446 e. The van der Waals surface area contributed by atoms with E-state index in [4.69, 9.17) is 4.74 Å². The molecule has 1 heterocycles. The van der Waals surface area contributed by atoms with Crippen molar-refractivity contribution in [1.29, 1.82) is 0 Å². The molecule has 2 nitrogen and oxygen atoms in total. The first-order chi connectivity index (χ1) is 9.93. The van der Waals surface area contributed by atoms with Gasteiger partial charge in [0.2, 0.25) is 0 Å². The van der Waals surface area contributed by atoms with Gasteiger partial charge in [-0.3, -0.25) is 0 Å². The molecule has 1 atom stereocenters. The van der Waals surface area contributed by atoms with E-state index in [1.54, 1.807) is 6.26 Å². The zero-order valence-electron chi connectivity index (χ0n) is 11.9. The maximum absolute atomic E-state index is 12.6. The third-order valence-electron chi connectivity index (χ3n) is 3.42. The summed E-state index contributed by atoms with van der Waals surface area (Å²) in [5.41, 5.74) is -3.32. The maximum Gasteiger partial charge on any atom is 0.446 e. The number of methoxy groups -OCH3 is 1. The van der Waals surface area contributed by atoms with Crippen LogP contribution in [0.15, 0.2) is 21.9 Å². The fourth-order valence-electron chi connectivity index (χ4n) is 2.49. The number of halogens is 3. The van der Waals surface area contributed by atoms with Crippen LogP contribution in [0.25, 0.3) is 0 Å². The van der Waals surface area contributed by atoms with E-state index in [-0.39, 0.29) is 16.7 Å². The van der Waals surface area contributed by atoms with Gasteiger partial charge in [0.15, 0.2) is 0 Å². The van der Waals surface area contributed by atoms with Gasteiger partial charge in [0.05, 0.1) is 7.11 Å². The third-order valence-corrected chi connectivity index (χ3v) is 5.12. The van der Waals surface area contributed by atoms with Gasteiger partial charge < -0.3 is 10.1 Å². The van der Waals surface area contributed by atoms with Crippen molar-refractivity contribution in [2.75, 3.05) is 19.9 Å². The molecule has 1 N–H and O–H groups in total. The van der Waals surface area contributed by atoms with E-state index in [2.05, 4.69) is 5.32 Å². The molecule has 0 amide bonds. The minimum absolute atomic E-state index is 0.0835. The van der Waals surface area contributed by atoms with Gasteiger partial charge in [-0.25, -0.2) is 0 Å². The number of nitrogens with one attached hydrogen (secondary N) is 1. The largest absolute Gasteiger partial charge is 0.496 e. The molecule has 1 aliphatic heterocycles. The number of benzene rings is 1. The summed E-state index contributed by atoms with van der Waals surface area (Å²) >= 11 is 1.25. The predicted octanol–water partition coefficient (Wildman–Crippen LogP) is 4.32. The zero-order valence-corrected chi connectivity index (χ0v) is 13.6. The number of thioether (sulfide) groups is 2. The first-order valence-electron chi connectivity index (χ1n) is 6.67. The van der Waals surface area contributed by atoms with Crippen LogP contribution in [0.3, 0.4) is 0 Å². The molecule has 0 radical (unpaired) electrons. The summed E-state index contributed by atoms with van der Waals surface area (Å²) < 4.78 is 43.2. The monoisotopic (exact) mass is 337 g/mol. The summed E-state index contributed by atoms with van der Waals surface area (Å²) in [4.78, 5) is 0.848. The van der Waals surface area contributed by atoms with Crippen molar-refractivity contribution < 1.29 is 17.9 Å². The Labute approximate surface area is 131 Å². The molecule has 118 valence electrons. The quantitative estimate of drug-likeness (QED) is 0.807. The van der Waals surface area contributed by atoms with Crippen LogP contribution in [-0.4, -0.2) is 31.5 Å². The SMILES string of the molecule is COc1cc(SC(F)(F)F)c(SC)cc1CC1CCCN1. The Hall–Kier alpha value is -0.530. The van der Waals surface area contributed by atoms with Gasteiger partial charge in [0.1, 0.15) is 5.75 Å². The Morgan fingerprint density at radius 1 is 1.33 bits per heavy atom. The molecule has 0 spiro atoms. The van der Waals surface area contributed by atoms with Crippen molar-refractivity contribution in [2.24, 2.45) is 0 Å². The van der Waals surface area contributed by atoms with Crippen LogP contribution >= 0.6 is 23.5 Å². The van der Waals surface area contributed by atoms with Crippen molar-refractivity contribution in [2.45, 2.75) is 40.6 Å². The predicted molar refractivity (Wildman–Crippen MR) is 81.4 cm³/mol. The molecule has 1 unspecified atom stereocenters. The van der Waals surface area contributed by atoms with Crippen LogP contribution < -0.4 is 10.1 Å². The molecule has 1 aliphatic rings. The first-order valence-corrected chi connectivity index (χ1v) is 8.71. The lowest BCUT2D eigenvalue weighted by Crippen LogP contribution is -2.23. The van der Waals surface area contributed by atoms with E-state index in [1.807, 2.05) is 6.07 Å². The fourth-order valence-corrected chi connectivity index (χ4v) is 3.96. The Morgan fingerprint density at radius 2 is 2.10 bits per heavy atom. The normalized spacial score (nSPS) is 19.0. The van der Waals surface area contributed by atoms with E-state index in [1.165, 1.54) is 24.9 Å². The minimum atomic E-state index is -4.29. The summed E-state index contributed by atoms with van der Waals surface area (Å²) in [5, 5.41) is 3.40. The highest BCUT2D eigenvalue weighted by atomic mass is 32.2. The van der Waals surface area contributed by atoms with Crippen LogP contribution in [0, 0.1) is 0 Å². The van der Waals surface area contributed by atoms with Crippen LogP contribution in [0.4, 0.5) is 13.2 Å². The number of hydrogen-bond acceptors (Lipinski definition) is 4. The number of rotatable bonds is 5. The molecular formula is C14H18F3NOS2. The molecule has 0 saturated carbocycles. The summed E-state index contributed by atoms with van der Waals surface area (Å²) in [7, 11) is 1.50. The van der Waals surface area contributed by atoms with Crippen molar-refractivity contribution in [1.82, 2.24) is 5.32 Å². The van der Waals surface area contributed by atoms with E-state index in [0.717, 1.165) is 31.4 Å². The minimum Gasteiger partial charge on any atom is -0.496 e. The number of ether oxygens (including phenoxy) is 1. The average Bonchev–Trinajstić information content (AvgIpc) is 2.91. The molecule has 1 aromatic carbocycles. The van der Waals surface area contributed by atoms with Gasteiger partial charge in [0.25, 0.3) is 0 Å². The molecule has 1 aromatic rings. The van der Waals surface area contributed by atoms with Gasteiger partial charge >= 0.3 is 5.51 Å². The van der Waals surface area contributed by atoms with Crippen molar-refractivity contribution in [3.63, 3.8) is 0 Å². The lowest BCUT2D eigenvalue weighted by atomic mass is 10.0. The Kier molecular flexibility index (Phi) is 5.73. The number of hydrogen-bond donors (Lipinski definition) is 1. The molecule has 21 heavy (non-hydrogen) atoms. The average molecular weight is 337 g/mol. The Bertz CT molecular complexity index is 488. The van der Waals surface area contributed by atoms with Gasteiger partial charge in [0, 0.05) is 15.8 Å². The van der Waals surface area contributed by atoms with E-state index in [9.17, 15) is 13.2 Å². The molecule has 2 rings (SSSR count). The molecule has 1 fully saturated rings. The second-order valence-corrected chi connectivity index (χ2v) is 6.82. The van der Waals surface area contributed by atoms with Crippen LogP contribution in [0.2, 0.25) is 0 Å². The summed E-state index contributed by atoms with van der Waals surface area (Å²) in [6.07, 6.45) is 4.81. The van der Waals surface area contributed by atoms with Crippen LogP contribution in [0.5, 0.6) is 5.75 Å². The van der Waals surface area contributed by atoms with Gasteiger partial charge in [-0.1, -0.05) is 0 Å². The Balaban J connectivity index is 2.28. The second kappa shape index (κ2) is 7.15. The Morgan fingerprint density at radius 3 is 2.62 bits per heavy atom. The summed E-state index contributed by atoms with van der Waals surface area (Å²) in [6.45, 7) is 1.00. The molecule has 0 bridgehead atoms. The highest BCUT2D eigenvalue weighted by molar-refractivity contribution is 8.02. The molecular weight excluding hydrogens is 319 g/mol. The molecule has 1 saturated heterocycles. The maximum atomic E-state index is 12.6. The first kappa shape index (κ1) is 16.8. The van der Waals surface area contributed by atoms with Crippen molar-refractivity contribution >= 4 is 23.5 Å². The van der Waals surface area contributed by atoms with Gasteiger partial charge in [-0.15, -0.1) is 11.8 Å². The third kappa shape index (κ3) is 4.72. The lowest BCUT2D eigenvalue weighted by Gasteiger charge is -2.17.